The number of aromatic hydroxyl groups is 1. The molecule has 3 fully saturated rings. The SMILES string of the molecule is [C-]#[N+]CC1CC2(CCOc3nc(-c4cc(O)cc5ccc(F)c(CC)c45)c(F)c4nc(OC[C@@]56CCCN5C[C@H](F)C6)nc(c34)N2C)C1. The first-order valence-corrected chi connectivity index (χ1v) is 16.7. The molecule has 1 spiro atoms. The highest BCUT2D eigenvalue weighted by atomic mass is 19.1. The highest BCUT2D eigenvalue weighted by Gasteiger charge is 2.51. The first-order chi connectivity index (χ1) is 23.1. The highest BCUT2D eigenvalue weighted by molar-refractivity contribution is 6.03. The van der Waals surface area contributed by atoms with E-state index in [-0.39, 0.29) is 64.5 Å². The summed E-state index contributed by atoms with van der Waals surface area (Å²) >= 11 is 0. The molecule has 1 aliphatic carbocycles. The van der Waals surface area contributed by atoms with Gasteiger partial charge in [0.2, 0.25) is 12.4 Å². The topological polar surface area (TPSA) is 88.2 Å². The van der Waals surface area contributed by atoms with Crippen LogP contribution in [0.3, 0.4) is 0 Å². The van der Waals surface area contributed by atoms with Crippen LogP contribution in [0.1, 0.15) is 51.0 Å². The van der Waals surface area contributed by atoms with Gasteiger partial charge in [-0.3, -0.25) is 4.90 Å². The molecule has 0 unspecified atom stereocenters. The van der Waals surface area contributed by atoms with Gasteiger partial charge >= 0.3 is 6.01 Å². The van der Waals surface area contributed by atoms with E-state index in [2.05, 4.69) is 14.7 Å². The highest BCUT2D eigenvalue weighted by Crippen LogP contribution is 2.50. The molecular formula is C36H37F3N6O3. The van der Waals surface area contributed by atoms with Crippen molar-refractivity contribution in [3.05, 3.63) is 52.9 Å². The number of anilines is 1. The van der Waals surface area contributed by atoms with Gasteiger partial charge in [-0.05, 0) is 73.2 Å². The number of fused-ring (bicyclic) bond motifs is 2. The van der Waals surface area contributed by atoms with Crippen molar-refractivity contribution in [3.63, 3.8) is 0 Å². The predicted octanol–water partition coefficient (Wildman–Crippen LogP) is 6.63. The summed E-state index contributed by atoms with van der Waals surface area (Å²) in [5.74, 6) is -0.560. The van der Waals surface area contributed by atoms with Crippen LogP contribution < -0.4 is 14.4 Å². The molecule has 1 saturated carbocycles. The molecule has 2 aromatic heterocycles. The van der Waals surface area contributed by atoms with E-state index in [1.54, 1.807) is 6.07 Å². The van der Waals surface area contributed by atoms with Crippen LogP contribution >= 0.6 is 0 Å². The van der Waals surface area contributed by atoms with Crippen molar-refractivity contribution in [1.82, 2.24) is 19.9 Å². The molecule has 2 aromatic carbocycles. The normalized spacial score (nSPS) is 26.6. The van der Waals surface area contributed by atoms with Gasteiger partial charge < -0.3 is 24.3 Å². The van der Waals surface area contributed by atoms with Crippen LogP contribution in [0.5, 0.6) is 17.6 Å². The number of hydrogen-bond donors (Lipinski definition) is 1. The first-order valence-electron chi connectivity index (χ1n) is 16.7. The standard InChI is InChI=1S/C36H37F3N6O3/c1-4-24-26(38)7-6-21-12-23(46)13-25(27(21)24)30-29(39)31-28-32(43-34(42-31)48-19-36-8-5-10-45(36)18-22(37)16-36)44(3)35(9-11-47-33(28)41-30)14-20(15-35)17-40-2/h6-7,12-13,20,22,46H,4-5,8-11,14-19H2,1,3H3/t20?,22-,35?,36+/m1/s1. The Bertz CT molecular complexity index is 2000. The van der Waals surface area contributed by atoms with Crippen molar-refractivity contribution in [3.8, 4) is 28.9 Å². The molecule has 48 heavy (non-hydrogen) atoms. The van der Waals surface area contributed by atoms with E-state index in [0.717, 1.165) is 32.2 Å². The number of aryl methyl sites for hydroxylation is 1. The van der Waals surface area contributed by atoms with Crippen molar-refractivity contribution in [2.24, 2.45) is 5.92 Å². The monoisotopic (exact) mass is 658 g/mol. The van der Waals surface area contributed by atoms with E-state index >= 15 is 8.78 Å². The predicted molar refractivity (Wildman–Crippen MR) is 175 cm³/mol. The van der Waals surface area contributed by atoms with Gasteiger partial charge in [-0.25, -0.2) is 24.7 Å². The molecule has 5 heterocycles. The van der Waals surface area contributed by atoms with E-state index in [0.29, 0.717) is 54.5 Å². The van der Waals surface area contributed by atoms with Gasteiger partial charge in [0.25, 0.3) is 0 Å². The molecule has 2 saturated heterocycles. The second-order valence-corrected chi connectivity index (χ2v) is 14.0. The van der Waals surface area contributed by atoms with Crippen molar-refractivity contribution >= 4 is 27.5 Å². The second-order valence-electron chi connectivity index (χ2n) is 14.0. The van der Waals surface area contributed by atoms with Crippen molar-refractivity contribution in [2.45, 2.75) is 69.1 Å². The van der Waals surface area contributed by atoms with E-state index < -0.39 is 23.3 Å². The second kappa shape index (κ2) is 11.4. The number of benzene rings is 2. The molecule has 1 N–H and O–H groups in total. The average Bonchev–Trinajstić information content (AvgIpc) is 3.57. The number of hydrogen-bond acceptors (Lipinski definition) is 8. The van der Waals surface area contributed by atoms with E-state index in [9.17, 15) is 9.50 Å². The summed E-state index contributed by atoms with van der Waals surface area (Å²) in [6.07, 6.45) is 3.65. The maximum Gasteiger partial charge on any atom is 0.319 e. The Morgan fingerprint density at radius 1 is 1.12 bits per heavy atom. The minimum Gasteiger partial charge on any atom is -0.508 e. The summed E-state index contributed by atoms with van der Waals surface area (Å²) in [5.41, 5.74) is -0.430. The van der Waals surface area contributed by atoms with Gasteiger partial charge in [0.1, 0.15) is 46.8 Å². The van der Waals surface area contributed by atoms with Crippen LogP contribution in [0.4, 0.5) is 19.0 Å². The van der Waals surface area contributed by atoms with E-state index in [1.807, 2.05) is 18.9 Å². The Morgan fingerprint density at radius 2 is 1.96 bits per heavy atom. The maximum absolute atomic E-state index is 17.1. The Labute approximate surface area is 276 Å². The van der Waals surface area contributed by atoms with Crippen molar-refractivity contribution < 1.29 is 27.8 Å². The summed E-state index contributed by atoms with van der Waals surface area (Å²) in [4.78, 5) is 21.9. The molecule has 12 heteroatoms. The molecule has 2 atom stereocenters. The lowest BCUT2D eigenvalue weighted by molar-refractivity contribution is 0.106. The maximum atomic E-state index is 17.1. The number of aromatic nitrogens is 3. The Hall–Kier alpha value is -4.37. The molecule has 0 radical (unpaired) electrons. The van der Waals surface area contributed by atoms with Gasteiger partial charge in [0.15, 0.2) is 5.82 Å². The molecule has 0 amide bonds. The molecule has 8 rings (SSSR count). The number of nitrogens with zero attached hydrogens (tertiary/aromatic N) is 6. The van der Waals surface area contributed by atoms with Crippen molar-refractivity contribution in [2.75, 3.05) is 44.8 Å². The lowest BCUT2D eigenvalue weighted by Gasteiger charge is -2.53. The third-order valence-corrected chi connectivity index (χ3v) is 11.2. The zero-order valence-corrected chi connectivity index (χ0v) is 27.0. The van der Waals surface area contributed by atoms with Gasteiger partial charge in [-0.15, -0.1) is 0 Å². The Kier molecular flexibility index (Phi) is 7.32. The third kappa shape index (κ3) is 4.72. The zero-order chi connectivity index (χ0) is 33.4. The van der Waals surface area contributed by atoms with Crippen LogP contribution in [0, 0.1) is 24.1 Å². The third-order valence-electron chi connectivity index (χ3n) is 11.2. The molecular weight excluding hydrogens is 621 g/mol. The van der Waals surface area contributed by atoms with Gasteiger partial charge in [-0.2, -0.15) is 9.97 Å². The number of alkyl halides is 1. The fourth-order valence-corrected chi connectivity index (χ4v) is 8.85. The van der Waals surface area contributed by atoms with Gasteiger partial charge in [0.05, 0.1) is 12.1 Å². The zero-order valence-electron chi connectivity index (χ0n) is 27.0. The summed E-state index contributed by atoms with van der Waals surface area (Å²) in [7, 11) is 1.92. The van der Waals surface area contributed by atoms with E-state index in [4.69, 9.17) is 26.0 Å². The smallest absolute Gasteiger partial charge is 0.319 e. The molecule has 9 nitrogen and oxygen atoms in total. The summed E-state index contributed by atoms with van der Waals surface area (Å²) in [6.45, 7) is 11.2. The fourth-order valence-electron chi connectivity index (χ4n) is 8.85. The lowest BCUT2D eigenvalue weighted by atomic mass is 9.65. The number of pyridine rings is 1. The molecule has 3 aliphatic heterocycles. The summed E-state index contributed by atoms with van der Waals surface area (Å²) in [5, 5.41) is 12.0. The first kappa shape index (κ1) is 30.9. The van der Waals surface area contributed by atoms with Gasteiger partial charge in [0, 0.05) is 43.5 Å². The number of halogens is 3. The minimum absolute atomic E-state index is 0.0382. The van der Waals surface area contributed by atoms with Crippen LogP contribution in [-0.2, 0) is 6.42 Å². The Balaban J connectivity index is 1.32. The number of phenols is 1. The number of rotatable bonds is 6. The molecule has 250 valence electrons. The number of ether oxygens (including phenoxy) is 2. The van der Waals surface area contributed by atoms with Crippen LogP contribution in [-0.4, -0.2) is 82.1 Å². The van der Waals surface area contributed by atoms with Crippen LogP contribution in [0.25, 0.3) is 37.8 Å². The largest absolute Gasteiger partial charge is 0.508 e. The van der Waals surface area contributed by atoms with Gasteiger partial charge in [-0.1, -0.05) is 13.0 Å². The molecule has 4 aromatic rings. The lowest BCUT2D eigenvalue weighted by Crippen LogP contribution is -2.58. The fraction of sp³-hybridized carbons (Fsp3) is 0.500. The Morgan fingerprint density at radius 3 is 2.75 bits per heavy atom. The quantitative estimate of drug-likeness (QED) is 0.231. The molecule has 4 aliphatic rings. The van der Waals surface area contributed by atoms with E-state index in [1.165, 1.54) is 18.2 Å². The minimum atomic E-state index is -0.936. The van der Waals surface area contributed by atoms with Crippen LogP contribution in [0.2, 0.25) is 0 Å². The average molecular weight is 659 g/mol. The summed E-state index contributed by atoms with van der Waals surface area (Å²) in [6, 6.07) is 5.76. The molecule has 0 bridgehead atoms. The number of phenolic OH excluding ortho intramolecular Hbond substituents is 1. The van der Waals surface area contributed by atoms with Crippen molar-refractivity contribution in [1.29, 1.82) is 0 Å². The summed E-state index contributed by atoms with van der Waals surface area (Å²) < 4.78 is 59.4. The van der Waals surface area contributed by atoms with Crippen LogP contribution in [0.15, 0.2) is 24.3 Å².